The van der Waals surface area contributed by atoms with Gasteiger partial charge in [0.2, 0.25) is 5.91 Å². The van der Waals surface area contributed by atoms with Crippen molar-refractivity contribution in [2.24, 2.45) is 0 Å². The van der Waals surface area contributed by atoms with E-state index in [0.717, 1.165) is 6.07 Å². The molecule has 130 valence electrons. The Hall–Kier alpha value is -2.09. The number of hydrogen-bond donors (Lipinski definition) is 0. The molecule has 1 heterocycles. The van der Waals surface area contributed by atoms with Crippen molar-refractivity contribution in [2.45, 2.75) is 6.04 Å². The van der Waals surface area contributed by atoms with Crippen LogP contribution >= 0.6 is 11.8 Å². The lowest BCUT2D eigenvalue weighted by Gasteiger charge is -2.39. The zero-order valence-corrected chi connectivity index (χ0v) is 14.3. The number of carbonyl (C=O) groups excluding carboxylic acids is 3. The van der Waals surface area contributed by atoms with Gasteiger partial charge in [0.15, 0.2) is 0 Å². The van der Waals surface area contributed by atoms with E-state index in [4.69, 9.17) is 4.74 Å². The second kappa shape index (κ2) is 8.14. The van der Waals surface area contributed by atoms with E-state index in [1.54, 1.807) is 6.26 Å². The van der Waals surface area contributed by atoms with Crippen LogP contribution < -0.4 is 0 Å². The van der Waals surface area contributed by atoms with E-state index in [9.17, 15) is 18.8 Å². The Morgan fingerprint density at radius 2 is 2.08 bits per heavy atom. The number of rotatable bonds is 4. The Bertz CT molecular complexity index is 640. The largest absolute Gasteiger partial charge is 0.467 e. The van der Waals surface area contributed by atoms with Crippen molar-refractivity contribution in [1.82, 2.24) is 9.80 Å². The van der Waals surface area contributed by atoms with Crippen LogP contribution in [0.15, 0.2) is 24.3 Å². The van der Waals surface area contributed by atoms with Gasteiger partial charge in [-0.1, -0.05) is 6.07 Å². The third-order valence-electron chi connectivity index (χ3n) is 3.80. The van der Waals surface area contributed by atoms with Crippen LogP contribution in [0, 0.1) is 5.82 Å². The smallest absolute Gasteiger partial charge is 0.330 e. The number of ether oxygens (including phenoxy) is 1. The molecule has 2 rings (SSSR count). The van der Waals surface area contributed by atoms with Gasteiger partial charge in [-0.2, -0.15) is 11.8 Å². The lowest BCUT2D eigenvalue weighted by molar-refractivity contribution is -0.154. The highest BCUT2D eigenvalue weighted by molar-refractivity contribution is 7.99. The summed E-state index contributed by atoms with van der Waals surface area (Å²) in [6.07, 6.45) is 1.80. The fourth-order valence-electron chi connectivity index (χ4n) is 2.61. The molecule has 1 aliphatic heterocycles. The molecule has 1 aliphatic rings. The molecule has 8 heteroatoms. The molecule has 0 unspecified atom stereocenters. The van der Waals surface area contributed by atoms with E-state index in [1.165, 1.54) is 46.9 Å². The van der Waals surface area contributed by atoms with Gasteiger partial charge in [0.25, 0.3) is 5.91 Å². The zero-order chi connectivity index (χ0) is 17.7. The van der Waals surface area contributed by atoms with Gasteiger partial charge in [0, 0.05) is 18.7 Å². The van der Waals surface area contributed by atoms with Gasteiger partial charge in [-0.15, -0.1) is 0 Å². The fraction of sp³-hybridized carbons (Fsp3) is 0.438. The van der Waals surface area contributed by atoms with Crippen LogP contribution in [0.4, 0.5) is 4.39 Å². The van der Waals surface area contributed by atoms with Gasteiger partial charge in [-0.25, -0.2) is 9.18 Å². The van der Waals surface area contributed by atoms with Crippen LogP contribution in [-0.4, -0.2) is 72.4 Å². The first kappa shape index (κ1) is 18.3. The second-order valence-electron chi connectivity index (χ2n) is 5.32. The highest BCUT2D eigenvalue weighted by Crippen LogP contribution is 2.16. The quantitative estimate of drug-likeness (QED) is 0.755. The molecule has 0 bridgehead atoms. The fourth-order valence-corrected chi connectivity index (χ4v) is 3.03. The molecule has 1 fully saturated rings. The first-order valence-electron chi connectivity index (χ1n) is 7.39. The summed E-state index contributed by atoms with van der Waals surface area (Å²) in [5.41, 5.74) is 0.211. The summed E-state index contributed by atoms with van der Waals surface area (Å²) >= 11 is 1.36. The van der Waals surface area contributed by atoms with Crippen LogP contribution in [-0.2, 0) is 14.3 Å². The molecular formula is C16H19FN2O4S. The Labute approximate surface area is 143 Å². The summed E-state index contributed by atoms with van der Waals surface area (Å²) in [6.45, 7) is 0.547. The molecular weight excluding hydrogens is 335 g/mol. The van der Waals surface area contributed by atoms with Gasteiger partial charge in [0.1, 0.15) is 11.9 Å². The number of piperazine rings is 1. The molecule has 0 N–H and O–H groups in total. The molecule has 6 nitrogen and oxygen atoms in total. The molecule has 0 radical (unpaired) electrons. The molecule has 2 amide bonds. The number of carbonyl (C=O) groups is 3. The van der Waals surface area contributed by atoms with Crippen molar-refractivity contribution >= 4 is 29.5 Å². The van der Waals surface area contributed by atoms with Crippen LogP contribution in [0.1, 0.15) is 10.4 Å². The predicted molar refractivity (Wildman–Crippen MR) is 88.2 cm³/mol. The summed E-state index contributed by atoms with van der Waals surface area (Å²) in [6, 6.07) is 4.54. The van der Waals surface area contributed by atoms with Crippen LogP contribution in [0.2, 0.25) is 0 Å². The number of halogens is 1. The first-order chi connectivity index (χ1) is 11.5. The van der Waals surface area contributed by atoms with Crippen molar-refractivity contribution in [1.29, 1.82) is 0 Å². The third kappa shape index (κ3) is 4.05. The Kier molecular flexibility index (Phi) is 6.19. The lowest BCUT2D eigenvalue weighted by Crippen LogP contribution is -2.60. The van der Waals surface area contributed by atoms with E-state index in [2.05, 4.69) is 0 Å². The topological polar surface area (TPSA) is 66.9 Å². The number of thioether (sulfide) groups is 1. The second-order valence-corrected chi connectivity index (χ2v) is 6.19. The number of amides is 2. The van der Waals surface area contributed by atoms with Crippen LogP contribution in [0.5, 0.6) is 0 Å². The summed E-state index contributed by atoms with van der Waals surface area (Å²) in [5.74, 6) is -1.36. The van der Waals surface area contributed by atoms with Crippen molar-refractivity contribution in [3.63, 3.8) is 0 Å². The van der Waals surface area contributed by atoms with Gasteiger partial charge < -0.3 is 14.5 Å². The molecule has 1 aromatic rings. The monoisotopic (exact) mass is 354 g/mol. The molecule has 0 saturated carbocycles. The van der Waals surface area contributed by atoms with Gasteiger partial charge >= 0.3 is 5.97 Å². The molecule has 24 heavy (non-hydrogen) atoms. The first-order valence-corrected chi connectivity index (χ1v) is 8.78. The molecule has 1 atom stereocenters. The highest BCUT2D eigenvalue weighted by atomic mass is 32.2. The number of esters is 1. The van der Waals surface area contributed by atoms with Crippen LogP contribution in [0.3, 0.4) is 0 Å². The van der Waals surface area contributed by atoms with Crippen molar-refractivity contribution in [3.8, 4) is 0 Å². The zero-order valence-electron chi connectivity index (χ0n) is 13.5. The highest BCUT2D eigenvalue weighted by Gasteiger charge is 2.37. The van der Waals surface area contributed by atoms with Gasteiger partial charge in [-0.05, 0) is 24.5 Å². The van der Waals surface area contributed by atoms with E-state index >= 15 is 0 Å². The van der Waals surface area contributed by atoms with E-state index in [0.29, 0.717) is 0 Å². The number of hydrogen-bond acceptors (Lipinski definition) is 5. The Morgan fingerprint density at radius 3 is 2.71 bits per heavy atom. The number of methoxy groups -OCH3 is 1. The maximum absolute atomic E-state index is 13.3. The average molecular weight is 354 g/mol. The van der Waals surface area contributed by atoms with Crippen LogP contribution in [0.25, 0.3) is 0 Å². The minimum Gasteiger partial charge on any atom is -0.467 e. The average Bonchev–Trinajstić information content (AvgIpc) is 2.60. The molecule has 0 aliphatic carbocycles. The van der Waals surface area contributed by atoms with E-state index < -0.39 is 17.8 Å². The van der Waals surface area contributed by atoms with Gasteiger partial charge in [-0.3, -0.25) is 9.59 Å². The predicted octanol–water partition coefficient (Wildman–Crippen LogP) is 1.01. The van der Waals surface area contributed by atoms with E-state index in [1.807, 2.05) is 0 Å². The third-order valence-corrected chi connectivity index (χ3v) is 4.34. The summed E-state index contributed by atoms with van der Waals surface area (Å²) in [7, 11) is 1.24. The van der Waals surface area contributed by atoms with Gasteiger partial charge in [0.05, 0.1) is 19.4 Å². The minimum absolute atomic E-state index is 0.0299. The summed E-state index contributed by atoms with van der Waals surface area (Å²) in [4.78, 5) is 39.6. The van der Waals surface area contributed by atoms with Crippen molar-refractivity contribution in [3.05, 3.63) is 35.6 Å². The molecule has 0 aromatic heterocycles. The molecule has 1 saturated heterocycles. The summed E-state index contributed by atoms with van der Waals surface area (Å²) in [5, 5.41) is 0. The SMILES string of the molecule is COC(=O)[C@H]1CN(C(=O)c2cccc(F)c2)CCN1C(=O)CSC. The number of benzene rings is 1. The Morgan fingerprint density at radius 1 is 1.33 bits per heavy atom. The maximum atomic E-state index is 13.3. The Balaban J connectivity index is 2.17. The van der Waals surface area contributed by atoms with E-state index in [-0.39, 0.29) is 42.8 Å². The molecule has 1 aromatic carbocycles. The molecule has 0 spiro atoms. The normalized spacial score (nSPS) is 17.5. The van der Waals surface area contributed by atoms with Crippen molar-refractivity contribution < 1.29 is 23.5 Å². The number of nitrogens with zero attached hydrogens (tertiary/aromatic N) is 2. The lowest BCUT2D eigenvalue weighted by atomic mass is 10.1. The van der Waals surface area contributed by atoms with Crippen molar-refractivity contribution in [2.75, 3.05) is 38.8 Å². The summed E-state index contributed by atoms with van der Waals surface area (Å²) < 4.78 is 18.1. The standard InChI is InChI=1S/C16H19FN2O4S/c1-23-16(22)13-9-18(6-7-19(13)14(20)10-24-2)15(21)11-4-3-5-12(17)8-11/h3-5,8,13H,6-7,9-10H2,1-2H3/t13-/m1/s1. The maximum Gasteiger partial charge on any atom is 0.330 e. The minimum atomic E-state index is -0.846.